The van der Waals surface area contributed by atoms with Crippen LogP contribution in [0.2, 0.25) is 0 Å². The molecule has 3 nitrogen and oxygen atoms in total. The largest absolute Gasteiger partial charge is 0.329 e. The molecule has 2 heterocycles. The minimum Gasteiger partial charge on any atom is -0.329 e. The van der Waals surface area contributed by atoms with Gasteiger partial charge in [0.1, 0.15) is 5.82 Å². The van der Waals surface area contributed by atoms with E-state index in [1.165, 1.54) is 29.7 Å². The maximum Gasteiger partial charge on any atom is 0.137 e. The van der Waals surface area contributed by atoms with Crippen LogP contribution in [-0.2, 0) is 6.54 Å². The van der Waals surface area contributed by atoms with Crippen molar-refractivity contribution in [2.45, 2.75) is 25.4 Å². The molecule has 0 N–H and O–H groups in total. The fraction of sp³-hybridized carbons (Fsp3) is 0.261. The second-order valence-electron chi connectivity index (χ2n) is 6.92. The zero-order valence-corrected chi connectivity index (χ0v) is 15.3. The lowest BCUT2D eigenvalue weighted by molar-refractivity contribution is 0.248. The highest BCUT2D eigenvalue weighted by atomic mass is 15.2. The number of aromatic nitrogens is 1. The van der Waals surface area contributed by atoms with Crippen molar-refractivity contribution in [3.63, 3.8) is 0 Å². The number of hydrogen-bond acceptors (Lipinski definition) is 3. The van der Waals surface area contributed by atoms with E-state index in [1.807, 2.05) is 6.20 Å². The quantitative estimate of drug-likeness (QED) is 0.636. The van der Waals surface area contributed by atoms with Crippen LogP contribution in [0.25, 0.3) is 0 Å². The van der Waals surface area contributed by atoms with Gasteiger partial charge in [0, 0.05) is 37.1 Å². The van der Waals surface area contributed by atoms with E-state index in [9.17, 15) is 0 Å². The molecule has 0 spiro atoms. The molecule has 3 aromatic rings. The molecule has 0 bridgehead atoms. The van der Waals surface area contributed by atoms with E-state index in [-0.39, 0.29) is 0 Å². The summed E-state index contributed by atoms with van der Waals surface area (Å²) in [5.74, 6) is 1.06. The maximum atomic E-state index is 4.74. The summed E-state index contributed by atoms with van der Waals surface area (Å²) in [7, 11) is 2.11. The van der Waals surface area contributed by atoms with Crippen molar-refractivity contribution in [1.82, 2.24) is 9.88 Å². The van der Waals surface area contributed by atoms with Crippen molar-refractivity contribution in [2.24, 2.45) is 0 Å². The Hall–Kier alpha value is -2.65. The third kappa shape index (κ3) is 3.49. The van der Waals surface area contributed by atoms with Crippen molar-refractivity contribution < 1.29 is 0 Å². The Bertz CT molecular complexity index is 832. The van der Waals surface area contributed by atoms with Crippen LogP contribution < -0.4 is 4.90 Å². The Morgan fingerprint density at radius 2 is 1.69 bits per heavy atom. The van der Waals surface area contributed by atoms with E-state index in [0.717, 1.165) is 18.9 Å². The Morgan fingerprint density at radius 3 is 2.46 bits per heavy atom. The predicted octanol–water partition coefficient (Wildman–Crippen LogP) is 5.19. The highest BCUT2D eigenvalue weighted by Gasteiger charge is 2.29. The van der Waals surface area contributed by atoms with Gasteiger partial charge in [-0.05, 0) is 43.1 Å². The number of rotatable bonds is 5. The van der Waals surface area contributed by atoms with Crippen LogP contribution in [0, 0.1) is 0 Å². The van der Waals surface area contributed by atoms with Crippen LogP contribution >= 0.6 is 0 Å². The van der Waals surface area contributed by atoms with E-state index < -0.39 is 0 Å². The maximum absolute atomic E-state index is 4.74. The van der Waals surface area contributed by atoms with Crippen LogP contribution in [0.1, 0.15) is 30.0 Å². The van der Waals surface area contributed by atoms with Crippen molar-refractivity contribution in [2.75, 3.05) is 18.5 Å². The van der Waals surface area contributed by atoms with Crippen LogP contribution in [-0.4, -0.2) is 23.5 Å². The zero-order chi connectivity index (χ0) is 17.8. The topological polar surface area (TPSA) is 19.4 Å². The standard InChI is InChI=1S/C23H25N3/c1-25(20-12-6-3-7-13-20)23-21(14-8-16-24-23)22-15-9-17-26(22)18-19-10-4-2-5-11-19/h2-8,10-14,16,22H,9,15,17-18H2,1H3/t22-/m1/s1. The molecule has 1 aliphatic rings. The number of hydrogen-bond donors (Lipinski definition) is 0. The Kier molecular flexibility index (Phi) is 4.98. The molecule has 1 aliphatic heterocycles. The average Bonchev–Trinajstić information content (AvgIpc) is 3.17. The molecule has 0 amide bonds. The number of benzene rings is 2. The third-order valence-corrected chi connectivity index (χ3v) is 5.23. The first-order chi connectivity index (χ1) is 12.8. The summed E-state index contributed by atoms with van der Waals surface area (Å²) in [4.78, 5) is 9.53. The van der Waals surface area contributed by atoms with Gasteiger partial charge in [-0.3, -0.25) is 4.90 Å². The molecule has 3 heteroatoms. The second kappa shape index (κ2) is 7.71. The zero-order valence-electron chi connectivity index (χ0n) is 15.3. The first kappa shape index (κ1) is 16.8. The summed E-state index contributed by atoms with van der Waals surface area (Å²) in [5, 5.41) is 0. The van der Waals surface area contributed by atoms with Crippen molar-refractivity contribution in [3.05, 3.63) is 90.1 Å². The van der Waals surface area contributed by atoms with Gasteiger partial charge in [-0.1, -0.05) is 54.6 Å². The first-order valence-electron chi connectivity index (χ1n) is 9.34. The molecule has 2 aromatic carbocycles. The number of pyridine rings is 1. The van der Waals surface area contributed by atoms with Crippen LogP contribution in [0.4, 0.5) is 11.5 Å². The van der Waals surface area contributed by atoms with Gasteiger partial charge in [-0.15, -0.1) is 0 Å². The van der Waals surface area contributed by atoms with Crippen molar-refractivity contribution in [3.8, 4) is 0 Å². The molecular formula is C23H25N3. The Labute approximate surface area is 155 Å². The molecule has 1 fully saturated rings. The monoisotopic (exact) mass is 343 g/mol. The van der Waals surface area contributed by atoms with E-state index >= 15 is 0 Å². The van der Waals surface area contributed by atoms with E-state index in [1.54, 1.807) is 0 Å². The van der Waals surface area contributed by atoms with Crippen LogP contribution in [0.5, 0.6) is 0 Å². The number of likely N-dealkylation sites (tertiary alicyclic amines) is 1. The van der Waals surface area contributed by atoms with Gasteiger partial charge in [-0.2, -0.15) is 0 Å². The lowest BCUT2D eigenvalue weighted by Gasteiger charge is -2.29. The summed E-state index contributed by atoms with van der Waals surface area (Å²) in [5.41, 5.74) is 3.87. The molecule has 0 unspecified atom stereocenters. The molecule has 0 aliphatic carbocycles. The van der Waals surface area contributed by atoms with Gasteiger partial charge >= 0.3 is 0 Å². The SMILES string of the molecule is CN(c1ccccc1)c1ncccc1[C@H]1CCCN1Cc1ccccc1. The molecule has 132 valence electrons. The van der Waals surface area contributed by atoms with E-state index in [4.69, 9.17) is 4.98 Å². The number of nitrogens with zero attached hydrogens (tertiary/aromatic N) is 3. The number of para-hydroxylation sites is 1. The van der Waals surface area contributed by atoms with Gasteiger partial charge in [0.05, 0.1) is 0 Å². The average molecular weight is 343 g/mol. The van der Waals surface area contributed by atoms with Gasteiger partial charge in [0.15, 0.2) is 0 Å². The van der Waals surface area contributed by atoms with Gasteiger partial charge in [0.25, 0.3) is 0 Å². The lowest BCUT2D eigenvalue weighted by atomic mass is 10.0. The predicted molar refractivity (Wildman–Crippen MR) is 108 cm³/mol. The van der Waals surface area contributed by atoms with Gasteiger partial charge < -0.3 is 4.90 Å². The van der Waals surface area contributed by atoms with Crippen LogP contribution in [0.15, 0.2) is 79.0 Å². The van der Waals surface area contributed by atoms with Crippen molar-refractivity contribution >= 4 is 11.5 Å². The molecule has 0 radical (unpaired) electrons. The molecule has 26 heavy (non-hydrogen) atoms. The Balaban J connectivity index is 1.63. The highest BCUT2D eigenvalue weighted by molar-refractivity contribution is 5.62. The molecule has 1 saturated heterocycles. The highest BCUT2D eigenvalue weighted by Crippen LogP contribution is 2.38. The molecule has 4 rings (SSSR count). The summed E-state index contributed by atoms with van der Waals surface area (Å²) in [6.07, 6.45) is 4.32. The van der Waals surface area contributed by atoms with Crippen molar-refractivity contribution in [1.29, 1.82) is 0 Å². The van der Waals surface area contributed by atoms with Crippen LogP contribution in [0.3, 0.4) is 0 Å². The van der Waals surface area contributed by atoms with E-state index in [2.05, 4.69) is 89.6 Å². The summed E-state index contributed by atoms with van der Waals surface area (Å²) in [6, 6.07) is 26.0. The minimum absolute atomic E-state index is 0.421. The number of anilines is 2. The molecule has 0 saturated carbocycles. The molecular weight excluding hydrogens is 318 g/mol. The fourth-order valence-corrected chi connectivity index (χ4v) is 3.91. The lowest BCUT2D eigenvalue weighted by Crippen LogP contribution is -2.25. The minimum atomic E-state index is 0.421. The smallest absolute Gasteiger partial charge is 0.137 e. The first-order valence-corrected chi connectivity index (χ1v) is 9.34. The summed E-state index contributed by atoms with van der Waals surface area (Å²) >= 11 is 0. The third-order valence-electron chi connectivity index (χ3n) is 5.23. The van der Waals surface area contributed by atoms with Gasteiger partial charge in [0.2, 0.25) is 0 Å². The summed E-state index contributed by atoms with van der Waals surface area (Å²) < 4.78 is 0. The molecule has 1 aromatic heterocycles. The summed E-state index contributed by atoms with van der Waals surface area (Å²) in [6.45, 7) is 2.14. The van der Waals surface area contributed by atoms with E-state index in [0.29, 0.717) is 6.04 Å². The van der Waals surface area contributed by atoms with Gasteiger partial charge in [-0.25, -0.2) is 4.98 Å². The fourth-order valence-electron chi connectivity index (χ4n) is 3.91. The second-order valence-corrected chi connectivity index (χ2v) is 6.92. The molecule has 1 atom stereocenters. The normalized spacial score (nSPS) is 17.3. The Morgan fingerprint density at radius 1 is 0.962 bits per heavy atom.